The molecule has 0 amide bonds. The summed E-state index contributed by atoms with van der Waals surface area (Å²) in [6, 6.07) is 5.36. The molecular formula is C15H20O4. The maximum absolute atomic E-state index is 9.72. The normalized spacial score (nSPS) is 15.0. The number of ether oxygens (including phenoxy) is 1. The van der Waals surface area contributed by atoms with E-state index in [0.29, 0.717) is 11.3 Å². The first-order valence-corrected chi connectivity index (χ1v) is 6.08. The minimum absolute atomic E-state index is 0.156. The van der Waals surface area contributed by atoms with Crippen LogP contribution >= 0.6 is 0 Å². The summed E-state index contributed by atoms with van der Waals surface area (Å²) in [7, 11) is 1.53. The van der Waals surface area contributed by atoms with Gasteiger partial charge in [0.1, 0.15) is 18.0 Å². The van der Waals surface area contributed by atoms with Crippen LogP contribution < -0.4 is 4.74 Å². The summed E-state index contributed by atoms with van der Waals surface area (Å²) >= 11 is 0. The standard InChI is InChI=1S/C15H20O4/c1-3-5-13(17)14(18)9-8-11-6-4-7-15(19-2)12(11)10-16/h3-9,13-14,16-18H,10H2,1-2H3/b5-3+,9-8+/t13-,14+/m0/s1. The Morgan fingerprint density at radius 2 is 1.89 bits per heavy atom. The number of allylic oxidation sites excluding steroid dienone is 1. The predicted molar refractivity (Wildman–Crippen MR) is 74.8 cm³/mol. The van der Waals surface area contributed by atoms with E-state index in [-0.39, 0.29) is 6.61 Å². The highest BCUT2D eigenvalue weighted by Gasteiger charge is 2.10. The zero-order valence-corrected chi connectivity index (χ0v) is 11.2. The van der Waals surface area contributed by atoms with Gasteiger partial charge in [0.25, 0.3) is 0 Å². The van der Waals surface area contributed by atoms with Crippen LogP contribution in [0.3, 0.4) is 0 Å². The number of aliphatic hydroxyl groups excluding tert-OH is 3. The molecule has 104 valence electrons. The van der Waals surface area contributed by atoms with E-state index >= 15 is 0 Å². The van der Waals surface area contributed by atoms with Crippen molar-refractivity contribution in [2.75, 3.05) is 7.11 Å². The summed E-state index contributed by atoms with van der Waals surface area (Å²) < 4.78 is 5.15. The second-order valence-corrected chi connectivity index (χ2v) is 4.05. The summed E-state index contributed by atoms with van der Waals surface area (Å²) in [5.41, 5.74) is 1.39. The summed E-state index contributed by atoms with van der Waals surface area (Å²) in [4.78, 5) is 0. The fraction of sp³-hybridized carbons (Fsp3) is 0.333. The molecule has 2 atom stereocenters. The van der Waals surface area contributed by atoms with E-state index in [4.69, 9.17) is 4.74 Å². The fourth-order valence-electron chi connectivity index (χ4n) is 1.73. The van der Waals surface area contributed by atoms with Gasteiger partial charge in [-0.15, -0.1) is 0 Å². The third-order valence-corrected chi connectivity index (χ3v) is 2.76. The molecule has 4 heteroatoms. The zero-order valence-electron chi connectivity index (χ0n) is 11.2. The molecule has 0 saturated carbocycles. The smallest absolute Gasteiger partial charge is 0.124 e. The molecule has 1 aromatic carbocycles. The number of hydrogen-bond donors (Lipinski definition) is 3. The van der Waals surface area contributed by atoms with Crippen LogP contribution in [0.5, 0.6) is 5.75 Å². The van der Waals surface area contributed by atoms with Crippen LogP contribution in [0.4, 0.5) is 0 Å². The van der Waals surface area contributed by atoms with Crippen molar-refractivity contribution in [1.82, 2.24) is 0 Å². The van der Waals surface area contributed by atoms with Crippen LogP contribution in [0.15, 0.2) is 36.4 Å². The molecule has 19 heavy (non-hydrogen) atoms. The van der Waals surface area contributed by atoms with Crippen LogP contribution in [-0.4, -0.2) is 34.6 Å². The average molecular weight is 264 g/mol. The molecule has 0 heterocycles. The summed E-state index contributed by atoms with van der Waals surface area (Å²) in [5.74, 6) is 0.591. The molecule has 0 aromatic heterocycles. The Morgan fingerprint density at radius 3 is 2.47 bits per heavy atom. The van der Waals surface area contributed by atoms with Gasteiger partial charge in [-0.3, -0.25) is 0 Å². The molecule has 1 aromatic rings. The Balaban J connectivity index is 2.93. The summed E-state index contributed by atoms with van der Waals surface area (Å²) in [6.45, 7) is 1.61. The van der Waals surface area contributed by atoms with Crippen molar-refractivity contribution in [1.29, 1.82) is 0 Å². The van der Waals surface area contributed by atoms with E-state index in [9.17, 15) is 15.3 Å². The van der Waals surface area contributed by atoms with Crippen LogP contribution in [0, 0.1) is 0 Å². The Labute approximate surface area is 113 Å². The third-order valence-electron chi connectivity index (χ3n) is 2.76. The van der Waals surface area contributed by atoms with Crippen molar-refractivity contribution >= 4 is 6.08 Å². The van der Waals surface area contributed by atoms with Gasteiger partial charge in [-0.25, -0.2) is 0 Å². The van der Waals surface area contributed by atoms with Gasteiger partial charge in [0.05, 0.1) is 13.7 Å². The SMILES string of the molecule is C/C=C/[C@H](O)[C@H](O)/C=C/c1cccc(OC)c1CO. The highest BCUT2D eigenvalue weighted by atomic mass is 16.5. The largest absolute Gasteiger partial charge is 0.496 e. The van der Waals surface area contributed by atoms with Gasteiger partial charge in [0.15, 0.2) is 0 Å². The Hall–Kier alpha value is -1.62. The minimum Gasteiger partial charge on any atom is -0.496 e. The molecule has 0 unspecified atom stereocenters. The first kappa shape index (κ1) is 15.4. The predicted octanol–water partition coefficient (Wildman–Crippen LogP) is 1.50. The van der Waals surface area contributed by atoms with E-state index in [1.54, 1.807) is 37.3 Å². The van der Waals surface area contributed by atoms with Crippen molar-refractivity contribution in [3.8, 4) is 5.75 Å². The molecule has 0 saturated heterocycles. The summed E-state index contributed by atoms with van der Waals surface area (Å²) in [6.07, 6.45) is 4.39. The molecule has 0 bridgehead atoms. The van der Waals surface area contributed by atoms with Gasteiger partial charge >= 0.3 is 0 Å². The summed E-state index contributed by atoms with van der Waals surface area (Å²) in [5, 5.41) is 28.6. The quantitative estimate of drug-likeness (QED) is 0.681. The fourth-order valence-corrected chi connectivity index (χ4v) is 1.73. The van der Waals surface area contributed by atoms with Crippen molar-refractivity contribution in [2.45, 2.75) is 25.7 Å². The van der Waals surface area contributed by atoms with Gasteiger partial charge in [0, 0.05) is 5.56 Å². The first-order valence-electron chi connectivity index (χ1n) is 6.08. The van der Waals surface area contributed by atoms with E-state index < -0.39 is 12.2 Å². The van der Waals surface area contributed by atoms with E-state index in [1.165, 1.54) is 19.3 Å². The van der Waals surface area contributed by atoms with Gasteiger partial charge in [0.2, 0.25) is 0 Å². The number of rotatable bonds is 6. The second kappa shape index (κ2) is 7.74. The monoisotopic (exact) mass is 264 g/mol. The lowest BCUT2D eigenvalue weighted by molar-refractivity contribution is 0.0812. The maximum atomic E-state index is 9.72. The van der Waals surface area contributed by atoms with Crippen LogP contribution in [0.2, 0.25) is 0 Å². The molecule has 0 spiro atoms. The lowest BCUT2D eigenvalue weighted by atomic mass is 10.0. The molecule has 0 radical (unpaired) electrons. The number of aliphatic hydroxyl groups is 3. The Bertz CT molecular complexity index is 451. The average Bonchev–Trinajstić information content (AvgIpc) is 2.44. The van der Waals surface area contributed by atoms with Crippen molar-refractivity contribution in [2.24, 2.45) is 0 Å². The molecule has 0 aliphatic rings. The zero-order chi connectivity index (χ0) is 14.3. The topological polar surface area (TPSA) is 69.9 Å². The molecular weight excluding hydrogens is 244 g/mol. The van der Waals surface area contributed by atoms with Crippen molar-refractivity contribution < 1.29 is 20.1 Å². The maximum Gasteiger partial charge on any atom is 0.124 e. The molecule has 0 aliphatic carbocycles. The van der Waals surface area contributed by atoms with E-state index in [2.05, 4.69) is 0 Å². The first-order chi connectivity index (χ1) is 9.13. The number of methoxy groups -OCH3 is 1. The van der Waals surface area contributed by atoms with E-state index in [0.717, 1.165) is 5.56 Å². The number of benzene rings is 1. The van der Waals surface area contributed by atoms with Crippen LogP contribution in [-0.2, 0) is 6.61 Å². The molecule has 1 rings (SSSR count). The van der Waals surface area contributed by atoms with Crippen molar-refractivity contribution in [3.05, 3.63) is 47.6 Å². The highest BCUT2D eigenvalue weighted by molar-refractivity contribution is 5.58. The Morgan fingerprint density at radius 1 is 1.21 bits per heavy atom. The second-order valence-electron chi connectivity index (χ2n) is 4.05. The van der Waals surface area contributed by atoms with Gasteiger partial charge in [-0.05, 0) is 18.6 Å². The molecule has 0 aliphatic heterocycles. The van der Waals surface area contributed by atoms with Gasteiger partial charge in [-0.1, -0.05) is 36.4 Å². The van der Waals surface area contributed by atoms with Crippen LogP contribution in [0.25, 0.3) is 6.08 Å². The molecule has 3 N–H and O–H groups in total. The highest BCUT2D eigenvalue weighted by Crippen LogP contribution is 2.23. The molecule has 0 fully saturated rings. The minimum atomic E-state index is -0.992. The third kappa shape index (κ3) is 4.21. The van der Waals surface area contributed by atoms with Crippen molar-refractivity contribution in [3.63, 3.8) is 0 Å². The lowest BCUT2D eigenvalue weighted by Gasteiger charge is -2.11. The lowest BCUT2D eigenvalue weighted by Crippen LogP contribution is -2.20. The molecule has 4 nitrogen and oxygen atoms in total. The van der Waals surface area contributed by atoms with Crippen LogP contribution in [0.1, 0.15) is 18.1 Å². The van der Waals surface area contributed by atoms with Gasteiger partial charge in [-0.2, -0.15) is 0 Å². The van der Waals surface area contributed by atoms with Gasteiger partial charge < -0.3 is 20.1 Å². The van der Waals surface area contributed by atoms with E-state index in [1.807, 2.05) is 0 Å². The Kier molecular flexibility index (Phi) is 6.29. The number of hydrogen-bond acceptors (Lipinski definition) is 4.